The summed E-state index contributed by atoms with van der Waals surface area (Å²) in [6.07, 6.45) is 2.50. The molecule has 0 spiro atoms. The van der Waals surface area contributed by atoms with Crippen molar-refractivity contribution >= 4 is 17.6 Å². The van der Waals surface area contributed by atoms with Gasteiger partial charge in [-0.1, -0.05) is 13.0 Å². The monoisotopic (exact) mass is 277 g/mol. The minimum Gasteiger partial charge on any atom is -0.332 e. The molecule has 2 rings (SSSR count). The van der Waals surface area contributed by atoms with Crippen molar-refractivity contribution in [3.63, 3.8) is 0 Å². The lowest BCUT2D eigenvalue weighted by Gasteiger charge is -2.33. The number of hydrogen-bond acceptors (Lipinski definition) is 5. The van der Waals surface area contributed by atoms with Crippen molar-refractivity contribution in [2.45, 2.75) is 19.9 Å². The van der Waals surface area contributed by atoms with E-state index in [1.165, 1.54) is 0 Å². The van der Waals surface area contributed by atoms with E-state index >= 15 is 0 Å². The third kappa shape index (κ3) is 3.24. The molecule has 0 unspecified atom stereocenters. The van der Waals surface area contributed by atoms with Crippen molar-refractivity contribution in [1.29, 1.82) is 0 Å². The van der Waals surface area contributed by atoms with Crippen LogP contribution in [0.25, 0.3) is 0 Å². The molecule has 108 valence electrons. The molecule has 1 aliphatic heterocycles. The molecule has 7 nitrogen and oxygen atoms in total. The molecular weight excluding hydrogens is 258 g/mol. The van der Waals surface area contributed by atoms with Gasteiger partial charge in [-0.05, 0) is 18.1 Å². The second-order valence-electron chi connectivity index (χ2n) is 4.76. The zero-order valence-electron chi connectivity index (χ0n) is 11.5. The number of anilines is 1. The molecule has 0 bridgehead atoms. The molecule has 0 atom stereocenters. The third-order valence-electron chi connectivity index (χ3n) is 3.20. The third-order valence-corrected chi connectivity index (χ3v) is 3.20. The molecular formula is C13H19N5O2. The van der Waals surface area contributed by atoms with E-state index in [9.17, 15) is 9.59 Å². The molecule has 0 aromatic carbocycles. The van der Waals surface area contributed by atoms with Gasteiger partial charge in [0, 0.05) is 19.3 Å². The maximum Gasteiger partial charge on any atom is 0.242 e. The zero-order chi connectivity index (χ0) is 14.5. The van der Waals surface area contributed by atoms with Crippen LogP contribution in [0.15, 0.2) is 18.3 Å². The Hall–Kier alpha value is -2.15. The van der Waals surface area contributed by atoms with Crippen LogP contribution in [0.5, 0.6) is 0 Å². The molecule has 0 aliphatic carbocycles. The summed E-state index contributed by atoms with van der Waals surface area (Å²) in [4.78, 5) is 31.2. The van der Waals surface area contributed by atoms with E-state index in [2.05, 4.69) is 10.4 Å². The van der Waals surface area contributed by atoms with Gasteiger partial charge in [-0.3, -0.25) is 9.59 Å². The highest BCUT2D eigenvalue weighted by atomic mass is 16.2. The fourth-order valence-electron chi connectivity index (χ4n) is 2.14. The molecule has 0 radical (unpaired) electrons. The van der Waals surface area contributed by atoms with Gasteiger partial charge in [0.15, 0.2) is 0 Å². The summed E-state index contributed by atoms with van der Waals surface area (Å²) >= 11 is 0. The predicted molar refractivity (Wildman–Crippen MR) is 74.3 cm³/mol. The second-order valence-corrected chi connectivity index (χ2v) is 4.76. The fourth-order valence-corrected chi connectivity index (χ4v) is 2.14. The summed E-state index contributed by atoms with van der Waals surface area (Å²) in [6, 6.07) is 3.56. The van der Waals surface area contributed by atoms with Crippen LogP contribution >= 0.6 is 0 Å². The van der Waals surface area contributed by atoms with Crippen LogP contribution in [0.4, 0.5) is 5.82 Å². The molecule has 1 fully saturated rings. The molecule has 2 heterocycles. The molecule has 1 aromatic rings. The van der Waals surface area contributed by atoms with Crippen LogP contribution in [0, 0.1) is 0 Å². The Morgan fingerprint density at radius 1 is 1.25 bits per heavy atom. The largest absolute Gasteiger partial charge is 0.332 e. The number of aromatic nitrogens is 1. The molecule has 3 N–H and O–H groups in total. The normalized spacial score (nSPS) is 15.7. The Kier molecular flexibility index (Phi) is 4.52. The van der Waals surface area contributed by atoms with Gasteiger partial charge < -0.3 is 15.2 Å². The van der Waals surface area contributed by atoms with Gasteiger partial charge in [0.2, 0.25) is 11.8 Å². The highest BCUT2D eigenvalue weighted by molar-refractivity contribution is 5.92. The molecule has 0 saturated carbocycles. The Bertz CT molecular complexity index is 488. The standard InChI is InChI=1S/C13H19N5O2/c1-2-5-17-8-13(20)18(9-12(17)19)7-10-3-4-11(16-14)15-6-10/h3-4,6H,2,5,7-9,14H2,1H3,(H,15,16). The number of nitrogen functional groups attached to an aromatic ring is 1. The van der Waals surface area contributed by atoms with Crippen molar-refractivity contribution in [2.75, 3.05) is 25.1 Å². The summed E-state index contributed by atoms with van der Waals surface area (Å²) in [5.74, 6) is 5.77. The average molecular weight is 277 g/mol. The minimum absolute atomic E-state index is 0.000320. The fraction of sp³-hybridized carbons (Fsp3) is 0.462. The van der Waals surface area contributed by atoms with Crippen LogP contribution in [-0.2, 0) is 16.1 Å². The number of nitrogens with two attached hydrogens (primary N) is 1. The number of carbonyl (C=O) groups excluding carboxylic acids is 2. The number of piperazine rings is 1. The van der Waals surface area contributed by atoms with Gasteiger partial charge in [-0.15, -0.1) is 0 Å². The quantitative estimate of drug-likeness (QED) is 0.581. The molecule has 20 heavy (non-hydrogen) atoms. The molecule has 7 heteroatoms. The lowest BCUT2D eigenvalue weighted by molar-refractivity contribution is -0.150. The van der Waals surface area contributed by atoms with Gasteiger partial charge >= 0.3 is 0 Å². The molecule has 1 aliphatic rings. The van der Waals surface area contributed by atoms with Crippen LogP contribution in [0.2, 0.25) is 0 Å². The van der Waals surface area contributed by atoms with Gasteiger partial charge in [-0.25, -0.2) is 10.8 Å². The number of nitrogens with one attached hydrogen (secondary N) is 1. The van der Waals surface area contributed by atoms with Crippen molar-refractivity contribution in [1.82, 2.24) is 14.8 Å². The maximum atomic E-state index is 12.0. The van der Waals surface area contributed by atoms with E-state index in [1.54, 1.807) is 22.1 Å². The molecule has 2 amide bonds. The van der Waals surface area contributed by atoms with Crippen LogP contribution in [0.1, 0.15) is 18.9 Å². The van der Waals surface area contributed by atoms with E-state index in [0.29, 0.717) is 18.9 Å². The summed E-state index contributed by atoms with van der Waals surface area (Å²) in [7, 11) is 0. The first-order valence-corrected chi connectivity index (χ1v) is 6.61. The molecule has 1 saturated heterocycles. The average Bonchev–Trinajstić information content (AvgIpc) is 2.45. The van der Waals surface area contributed by atoms with E-state index in [-0.39, 0.29) is 24.9 Å². The van der Waals surface area contributed by atoms with Crippen molar-refractivity contribution in [3.8, 4) is 0 Å². The Labute approximate surface area is 117 Å². The van der Waals surface area contributed by atoms with Gasteiger partial charge in [0.05, 0.1) is 6.54 Å². The van der Waals surface area contributed by atoms with E-state index in [4.69, 9.17) is 5.84 Å². The second kappa shape index (κ2) is 6.33. The SMILES string of the molecule is CCCN1CC(=O)N(Cc2ccc(NN)nc2)CC1=O. The van der Waals surface area contributed by atoms with Crippen LogP contribution in [0.3, 0.4) is 0 Å². The summed E-state index contributed by atoms with van der Waals surface area (Å²) < 4.78 is 0. The van der Waals surface area contributed by atoms with E-state index < -0.39 is 0 Å². The lowest BCUT2D eigenvalue weighted by Crippen LogP contribution is -2.53. The van der Waals surface area contributed by atoms with Crippen molar-refractivity contribution < 1.29 is 9.59 Å². The number of pyridine rings is 1. The Morgan fingerprint density at radius 3 is 2.55 bits per heavy atom. The summed E-state index contributed by atoms with van der Waals surface area (Å²) in [6.45, 7) is 3.32. The van der Waals surface area contributed by atoms with Crippen molar-refractivity contribution in [2.24, 2.45) is 5.84 Å². The van der Waals surface area contributed by atoms with Gasteiger partial charge in [0.1, 0.15) is 12.4 Å². The highest BCUT2D eigenvalue weighted by Crippen LogP contribution is 2.11. The van der Waals surface area contributed by atoms with E-state index in [1.807, 2.05) is 13.0 Å². The lowest BCUT2D eigenvalue weighted by atomic mass is 10.2. The number of amides is 2. The smallest absolute Gasteiger partial charge is 0.242 e. The first kappa shape index (κ1) is 14.3. The maximum absolute atomic E-state index is 12.0. The minimum atomic E-state index is -0.0286. The number of rotatable bonds is 5. The summed E-state index contributed by atoms with van der Waals surface area (Å²) in [5.41, 5.74) is 3.31. The zero-order valence-corrected chi connectivity index (χ0v) is 11.5. The topological polar surface area (TPSA) is 91.6 Å². The number of hydrazine groups is 1. The summed E-state index contributed by atoms with van der Waals surface area (Å²) in [5, 5.41) is 0. The van der Waals surface area contributed by atoms with Crippen molar-refractivity contribution in [3.05, 3.63) is 23.9 Å². The first-order valence-electron chi connectivity index (χ1n) is 6.61. The number of hydrogen-bond donors (Lipinski definition) is 2. The number of carbonyl (C=O) groups is 2. The van der Waals surface area contributed by atoms with Gasteiger partial charge in [-0.2, -0.15) is 0 Å². The Balaban J connectivity index is 1.99. The highest BCUT2D eigenvalue weighted by Gasteiger charge is 2.29. The number of nitrogens with zero attached hydrogens (tertiary/aromatic N) is 3. The van der Waals surface area contributed by atoms with Crippen LogP contribution < -0.4 is 11.3 Å². The Morgan fingerprint density at radius 2 is 1.95 bits per heavy atom. The van der Waals surface area contributed by atoms with E-state index in [0.717, 1.165) is 12.0 Å². The first-order chi connectivity index (χ1) is 9.63. The molecule has 1 aromatic heterocycles. The van der Waals surface area contributed by atoms with Gasteiger partial charge in [0.25, 0.3) is 0 Å². The predicted octanol–water partition coefficient (Wildman–Crippen LogP) is -0.0520. The van der Waals surface area contributed by atoms with Crippen LogP contribution in [-0.4, -0.2) is 46.2 Å².